The van der Waals surface area contributed by atoms with Crippen molar-refractivity contribution >= 4 is 11.4 Å². The second kappa shape index (κ2) is 4.49. The van der Waals surface area contributed by atoms with Crippen molar-refractivity contribution in [3.8, 4) is 0 Å². The Bertz CT molecular complexity index is 519. The zero-order chi connectivity index (χ0) is 12.4. The van der Waals surface area contributed by atoms with E-state index in [9.17, 15) is 0 Å². The van der Waals surface area contributed by atoms with Crippen molar-refractivity contribution < 1.29 is 4.42 Å². The zero-order valence-corrected chi connectivity index (χ0v) is 10.3. The number of hydrogen-bond donors (Lipinski definition) is 2. The van der Waals surface area contributed by atoms with E-state index < -0.39 is 0 Å². The topological polar surface area (TPSA) is 64.1 Å². The van der Waals surface area contributed by atoms with E-state index in [4.69, 9.17) is 10.2 Å². The second-order valence-electron chi connectivity index (χ2n) is 4.20. The van der Waals surface area contributed by atoms with Gasteiger partial charge in [0.2, 0.25) is 0 Å². The molecule has 2 aromatic rings. The Morgan fingerprint density at radius 1 is 1.41 bits per heavy atom. The van der Waals surface area contributed by atoms with Crippen LogP contribution in [0.5, 0.6) is 0 Å². The molecule has 1 unspecified atom stereocenters. The first-order chi connectivity index (χ1) is 8.08. The lowest BCUT2D eigenvalue weighted by Crippen LogP contribution is -2.08. The zero-order valence-electron chi connectivity index (χ0n) is 10.3. The maximum atomic E-state index is 5.84. The molecule has 2 aromatic heterocycles. The third kappa shape index (κ3) is 2.41. The molecule has 17 heavy (non-hydrogen) atoms. The summed E-state index contributed by atoms with van der Waals surface area (Å²) in [4.78, 5) is 3.96. The summed E-state index contributed by atoms with van der Waals surface area (Å²) in [5.41, 5.74) is 8.54. The molecule has 90 valence electrons. The fraction of sp³-hybridized carbons (Fsp3) is 0.308. The van der Waals surface area contributed by atoms with Gasteiger partial charge in [-0.05, 0) is 32.9 Å². The Morgan fingerprint density at radius 2 is 2.18 bits per heavy atom. The van der Waals surface area contributed by atoms with Crippen LogP contribution in [0, 0.1) is 13.8 Å². The Labute approximate surface area is 101 Å². The Morgan fingerprint density at radius 3 is 2.76 bits per heavy atom. The highest BCUT2D eigenvalue weighted by Gasteiger charge is 2.13. The molecule has 0 aliphatic heterocycles. The minimum absolute atomic E-state index is 0.150. The predicted molar refractivity (Wildman–Crippen MR) is 68.9 cm³/mol. The SMILES string of the molecule is Cc1cc(C(C)Nc2ccncc2N)c(C)o1. The minimum atomic E-state index is 0.150. The van der Waals surface area contributed by atoms with Gasteiger partial charge < -0.3 is 15.5 Å². The van der Waals surface area contributed by atoms with Gasteiger partial charge in [-0.25, -0.2) is 0 Å². The van der Waals surface area contributed by atoms with Gasteiger partial charge in [0, 0.05) is 11.8 Å². The fourth-order valence-corrected chi connectivity index (χ4v) is 1.93. The second-order valence-corrected chi connectivity index (χ2v) is 4.20. The number of anilines is 2. The number of aromatic nitrogens is 1. The van der Waals surface area contributed by atoms with E-state index in [1.54, 1.807) is 12.4 Å². The normalized spacial score (nSPS) is 12.4. The largest absolute Gasteiger partial charge is 0.466 e. The van der Waals surface area contributed by atoms with Crippen molar-refractivity contribution in [2.45, 2.75) is 26.8 Å². The average molecular weight is 231 g/mol. The van der Waals surface area contributed by atoms with Crippen molar-refractivity contribution in [2.24, 2.45) is 0 Å². The lowest BCUT2D eigenvalue weighted by Gasteiger charge is -2.15. The highest BCUT2D eigenvalue weighted by atomic mass is 16.3. The Hall–Kier alpha value is -1.97. The van der Waals surface area contributed by atoms with E-state index in [1.165, 1.54) is 0 Å². The number of aryl methyl sites for hydroxylation is 2. The van der Waals surface area contributed by atoms with Crippen LogP contribution in [0.15, 0.2) is 28.9 Å². The van der Waals surface area contributed by atoms with E-state index in [0.717, 1.165) is 22.8 Å². The molecule has 0 fully saturated rings. The summed E-state index contributed by atoms with van der Waals surface area (Å²) in [6, 6.07) is 4.07. The molecular formula is C13H17N3O. The van der Waals surface area contributed by atoms with Crippen molar-refractivity contribution in [1.29, 1.82) is 0 Å². The van der Waals surface area contributed by atoms with Gasteiger partial charge in [-0.2, -0.15) is 0 Å². The smallest absolute Gasteiger partial charge is 0.106 e. The van der Waals surface area contributed by atoms with Crippen LogP contribution in [-0.4, -0.2) is 4.98 Å². The lowest BCUT2D eigenvalue weighted by molar-refractivity contribution is 0.500. The highest BCUT2D eigenvalue weighted by molar-refractivity contribution is 5.64. The average Bonchev–Trinajstić information content (AvgIpc) is 2.61. The molecule has 0 bridgehead atoms. The number of nitrogen functional groups attached to an aromatic ring is 1. The molecule has 4 nitrogen and oxygen atoms in total. The first-order valence-electron chi connectivity index (χ1n) is 5.61. The maximum absolute atomic E-state index is 5.84. The van der Waals surface area contributed by atoms with Gasteiger partial charge >= 0.3 is 0 Å². The molecule has 0 spiro atoms. The van der Waals surface area contributed by atoms with Gasteiger partial charge in [0.05, 0.1) is 23.6 Å². The molecule has 0 aromatic carbocycles. The van der Waals surface area contributed by atoms with E-state index in [-0.39, 0.29) is 6.04 Å². The van der Waals surface area contributed by atoms with Gasteiger partial charge in [0.25, 0.3) is 0 Å². The van der Waals surface area contributed by atoms with E-state index in [0.29, 0.717) is 5.69 Å². The first-order valence-corrected chi connectivity index (χ1v) is 5.61. The number of nitrogens with two attached hydrogens (primary N) is 1. The molecule has 0 saturated carbocycles. The van der Waals surface area contributed by atoms with Gasteiger partial charge in [0.15, 0.2) is 0 Å². The molecule has 1 atom stereocenters. The van der Waals surface area contributed by atoms with E-state index >= 15 is 0 Å². The van der Waals surface area contributed by atoms with Crippen LogP contribution in [0.1, 0.15) is 30.0 Å². The summed E-state index contributed by atoms with van der Waals surface area (Å²) in [5.74, 6) is 1.86. The summed E-state index contributed by atoms with van der Waals surface area (Å²) in [6.45, 7) is 6.00. The standard InChI is InChI=1S/C13H17N3O/c1-8-6-11(10(3)17-8)9(2)16-13-4-5-15-7-12(13)14/h4-7,9H,14H2,1-3H3,(H,15,16). The quantitative estimate of drug-likeness (QED) is 0.852. The van der Waals surface area contributed by atoms with Gasteiger partial charge in [-0.15, -0.1) is 0 Å². The predicted octanol–water partition coefficient (Wildman–Crippen LogP) is 3.05. The minimum Gasteiger partial charge on any atom is -0.466 e. The van der Waals surface area contributed by atoms with Gasteiger partial charge in [-0.3, -0.25) is 4.98 Å². The third-order valence-electron chi connectivity index (χ3n) is 2.77. The molecular weight excluding hydrogens is 214 g/mol. The van der Waals surface area contributed by atoms with Crippen molar-refractivity contribution in [3.63, 3.8) is 0 Å². The van der Waals surface area contributed by atoms with Crippen LogP contribution in [0.3, 0.4) is 0 Å². The first kappa shape index (κ1) is 11.5. The van der Waals surface area contributed by atoms with Crippen molar-refractivity contribution in [1.82, 2.24) is 4.98 Å². The van der Waals surface area contributed by atoms with Crippen LogP contribution >= 0.6 is 0 Å². The van der Waals surface area contributed by atoms with Crippen LogP contribution in [0.4, 0.5) is 11.4 Å². The van der Waals surface area contributed by atoms with Crippen LogP contribution in [-0.2, 0) is 0 Å². The third-order valence-corrected chi connectivity index (χ3v) is 2.77. The number of nitrogens with one attached hydrogen (secondary N) is 1. The molecule has 0 aliphatic carbocycles. The van der Waals surface area contributed by atoms with Crippen molar-refractivity contribution in [2.75, 3.05) is 11.1 Å². The number of rotatable bonds is 3. The Balaban J connectivity index is 2.20. The lowest BCUT2D eigenvalue weighted by atomic mass is 10.1. The number of furan rings is 1. The number of pyridine rings is 1. The summed E-state index contributed by atoms with van der Waals surface area (Å²) in [7, 11) is 0. The van der Waals surface area contributed by atoms with Gasteiger partial charge in [-0.1, -0.05) is 0 Å². The Kier molecular flexibility index (Phi) is 3.04. The summed E-state index contributed by atoms with van der Waals surface area (Å²) < 4.78 is 5.52. The molecule has 4 heteroatoms. The molecule has 0 saturated heterocycles. The summed E-state index contributed by atoms with van der Waals surface area (Å²) >= 11 is 0. The van der Waals surface area contributed by atoms with E-state index in [2.05, 4.69) is 17.2 Å². The van der Waals surface area contributed by atoms with Gasteiger partial charge in [0.1, 0.15) is 11.5 Å². The van der Waals surface area contributed by atoms with Crippen molar-refractivity contribution in [3.05, 3.63) is 41.6 Å². The number of hydrogen-bond acceptors (Lipinski definition) is 4. The highest BCUT2D eigenvalue weighted by Crippen LogP contribution is 2.26. The van der Waals surface area contributed by atoms with Crippen LogP contribution < -0.4 is 11.1 Å². The number of nitrogens with zero attached hydrogens (tertiary/aromatic N) is 1. The summed E-state index contributed by atoms with van der Waals surface area (Å²) in [5, 5.41) is 3.36. The van der Waals surface area contributed by atoms with Crippen LogP contribution in [0.2, 0.25) is 0 Å². The fourth-order valence-electron chi connectivity index (χ4n) is 1.93. The molecule has 0 radical (unpaired) electrons. The molecule has 3 N–H and O–H groups in total. The molecule has 2 rings (SSSR count). The molecule has 0 amide bonds. The van der Waals surface area contributed by atoms with Crippen LogP contribution in [0.25, 0.3) is 0 Å². The monoisotopic (exact) mass is 231 g/mol. The molecule has 2 heterocycles. The van der Waals surface area contributed by atoms with E-state index in [1.807, 2.05) is 26.0 Å². The summed E-state index contributed by atoms with van der Waals surface area (Å²) in [6.07, 6.45) is 3.36. The molecule has 0 aliphatic rings. The maximum Gasteiger partial charge on any atom is 0.106 e.